The van der Waals surface area contributed by atoms with E-state index in [1.165, 1.54) is 4.70 Å². The average Bonchev–Trinajstić information content (AvgIpc) is 3.56. The number of hydrogen-bond donors (Lipinski definition) is 3. The number of rotatable bonds is 12. The maximum absolute atomic E-state index is 12.5. The number of amides is 2. The Morgan fingerprint density at radius 1 is 1.05 bits per heavy atom. The fraction of sp³-hybridized carbons (Fsp3) is 0.241. The fourth-order valence-corrected chi connectivity index (χ4v) is 5.35. The molecule has 5 N–H and O–H groups in total. The number of primary amides is 1. The molecular weight excluding hydrogens is 514 g/mol. The summed E-state index contributed by atoms with van der Waals surface area (Å²) in [6.45, 7) is 0.937. The van der Waals surface area contributed by atoms with Crippen LogP contribution < -0.4 is 21.5 Å². The molecule has 0 fully saturated rings. The second-order valence-electron chi connectivity index (χ2n) is 9.26. The number of unbranched alkanes of at least 4 members (excludes halogenated alkanes) is 1. The molecule has 9 nitrogen and oxygen atoms in total. The van der Waals surface area contributed by atoms with Gasteiger partial charge in [0.1, 0.15) is 12.2 Å². The minimum absolute atomic E-state index is 0.129. The maximum Gasteiger partial charge on any atom is 0.237 e. The molecule has 39 heavy (non-hydrogen) atoms. The van der Waals surface area contributed by atoms with E-state index < -0.39 is 11.9 Å². The van der Waals surface area contributed by atoms with Crippen molar-refractivity contribution in [3.63, 3.8) is 0 Å². The number of hydrogen-bond acceptors (Lipinski definition) is 8. The molecule has 0 bridgehead atoms. The second-order valence-corrected chi connectivity index (χ2v) is 10.2. The van der Waals surface area contributed by atoms with Gasteiger partial charge in [-0.05, 0) is 64.6 Å². The number of nitrogens with two attached hydrogens (primary N) is 2. The summed E-state index contributed by atoms with van der Waals surface area (Å²) in [5, 5.41) is 12.2. The van der Waals surface area contributed by atoms with Crippen LogP contribution in [0.25, 0.3) is 32.2 Å². The van der Waals surface area contributed by atoms with Gasteiger partial charge in [-0.25, -0.2) is 0 Å². The number of thiophene rings is 1. The van der Waals surface area contributed by atoms with Crippen molar-refractivity contribution < 1.29 is 18.8 Å². The average molecular weight is 544 g/mol. The van der Waals surface area contributed by atoms with Gasteiger partial charge in [0.05, 0.1) is 18.2 Å². The molecule has 1 atom stereocenters. The Kier molecular flexibility index (Phi) is 8.14. The highest BCUT2D eigenvalue weighted by Crippen LogP contribution is 2.33. The van der Waals surface area contributed by atoms with E-state index in [0.29, 0.717) is 36.7 Å². The summed E-state index contributed by atoms with van der Waals surface area (Å²) in [6.07, 6.45) is 1.82. The summed E-state index contributed by atoms with van der Waals surface area (Å²) in [7, 11) is 0. The van der Waals surface area contributed by atoms with E-state index in [4.69, 9.17) is 20.7 Å². The highest BCUT2D eigenvalue weighted by atomic mass is 32.1. The van der Waals surface area contributed by atoms with Crippen LogP contribution in [0.3, 0.4) is 0 Å². The van der Waals surface area contributed by atoms with E-state index in [-0.39, 0.29) is 18.2 Å². The van der Waals surface area contributed by atoms with Crippen molar-refractivity contribution >= 4 is 44.0 Å². The standard InChI is InChI=1S/C29H29N5O4S/c30-23(14-20-17-39-25-10-4-3-9-21(20)25)29(36)32-11-5-6-12-37-24-15-19-8-2-1-7-18(19)13-22(24)28-33-27(38-34-28)16-26(31)35/h1-4,7-10,13,15,17,23H,5-6,11-12,14,16,30H2,(H2,31,35)(H,32,36). The first-order valence-corrected chi connectivity index (χ1v) is 13.6. The van der Waals surface area contributed by atoms with Crippen LogP contribution in [-0.4, -0.2) is 41.1 Å². The number of carbonyl (C=O) groups excluding carboxylic acids is 2. The van der Waals surface area contributed by atoms with E-state index in [9.17, 15) is 9.59 Å². The largest absolute Gasteiger partial charge is 0.493 e. The monoisotopic (exact) mass is 543 g/mol. The SMILES string of the molecule is NC(=O)Cc1nc(-c2cc3ccccc3cc2OCCCCNC(=O)C(N)Cc2csc3ccccc23)no1. The molecule has 0 saturated carbocycles. The van der Waals surface area contributed by atoms with E-state index in [1.807, 2.05) is 48.5 Å². The van der Waals surface area contributed by atoms with Crippen molar-refractivity contribution in [1.82, 2.24) is 15.5 Å². The molecule has 0 saturated heterocycles. The molecular formula is C29H29N5O4S. The van der Waals surface area contributed by atoms with Crippen LogP contribution in [0.1, 0.15) is 24.3 Å². The summed E-state index contributed by atoms with van der Waals surface area (Å²) in [5.74, 6) is 0.374. The van der Waals surface area contributed by atoms with Gasteiger partial charge in [0.2, 0.25) is 23.5 Å². The van der Waals surface area contributed by atoms with Crippen molar-refractivity contribution in [2.24, 2.45) is 11.5 Å². The summed E-state index contributed by atoms with van der Waals surface area (Å²) in [5.41, 5.74) is 13.2. The molecule has 10 heteroatoms. The van der Waals surface area contributed by atoms with Crippen LogP contribution in [0.15, 0.2) is 70.6 Å². The zero-order valence-corrected chi connectivity index (χ0v) is 22.1. The molecule has 5 aromatic rings. The summed E-state index contributed by atoms with van der Waals surface area (Å²) < 4.78 is 12.5. The van der Waals surface area contributed by atoms with Crippen molar-refractivity contribution in [1.29, 1.82) is 0 Å². The molecule has 3 aromatic carbocycles. The molecule has 2 amide bonds. The number of fused-ring (bicyclic) bond motifs is 2. The Morgan fingerprint density at radius 2 is 1.82 bits per heavy atom. The molecule has 0 aliphatic rings. The Morgan fingerprint density at radius 3 is 2.64 bits per heavy atom. The van der Waals surface area contributed by atoms with Crippen LogP contribution in [0.2, 0.25) is 0 Å². The van der Waals surface area contributed by atoms with Crippen LogP contribution in [-0.2, 0) is 22.4 Å². The topological polar surface area (TPSA) is 146 Å². The normalized spacial score (nSPS) is 12.0. The number of nitrogens with one attached hydrogen (secondary N) is 1. The first kappa shape index (κ1) is 26.3. The van der Waals surface area contributed by atoms with Crippen LogP contribution in [0, 0.1) is 0 Å². The Labute approximate surface area is 229 Å². The quantitative estimate of drug-likeness (QED) is 0.202. The maximum atomic E-state index is 12.5. The highest BCUT2D eigenvalue weighted by Gasteiger charge is 2.17. The molecule has 0 spiro atoms. The number of benzene rings is 3. The number of ether oxygens (including phenoxy) is 1. The van der Waals surface area contributed by atoms with Crippen LogP contribution in [0.4, 0.5) is 0 Å². The smallest absolute Gasteiger partial charge is 0.237 e. The molecule has 2 aromatic heterocycles. The van der Waals surface area contributed by atoms with E-state index in [2.05, 4.69) is 33.0 Å². The lowest BCUT2D eigenvalue weighted by Crippen LogP contribution is -2.42. The summed E-state index contributed by atoms with van der Waals surface area (Å²) in [4.78, 5) is 28.1. The molecule has 1 unspecified atom stereocenters. The summed E-state index contributed by atoms with van der Waals surface area (Å²) >= 11 is 1.66. The van der Waals surface area contributed by atoms with Gasteiger partial charge in [-0.15, -0.1) is 11.3 Å². The highest BCUT2D eigenvalue weighted by molar-refractivity contribution is 7.17. The van der Waals surface area contributed by atoms with Gasteiger partial charge in [0, 0.05) is 11.2 Å². The van der Waals surface area contributed by atoms with Crippen molar-refractivity contribution in [3.05, 3.63) is 77.5 Å². The third kappa shape index (κ3) is 6.42. The predicted molar refractivity (Wildman–Crippen MR) is 151 cm³/mol. The fourth-order valence-electron chi connectivity index (χ4n) is 4.37. The van der Waals surface area contributed by atoms with Gasteiger partial charge in [-0.3, -0.25) is 9.59 Å². The van der Waals surface area contributed by atoms with Gasteiger partial charge < -0.3 is 26.0 Å². The second kappa shape index (κ2) is 12.1. The third-order valence-electron chi connectivity index (χ3n) is 6.35. The Bertz CT molecular complexity index is 1610. The first-order chi connectivity index (χ1) is 19.0. The molecule has 200 valence electrons. The van der Waals surface area contributed by atoms with Gasteiger partial charge in [0.25, 0.3) is 0 Å². The predicted octanol–water partition coefficient (Wildman–Crippen LogP) is 3.98. The lowest BCUT2D eigenvalue weighted by atomic mass is 10.1. The minimum atomic E-state index is -0.603. The van der Waals surface area contributed by atoms with Crippen molar-refractivity contribution in [2.75, 3.05) is 13.2 Å². The zero-order valence-electron chi connectivity index (χ0n) is 21.3. The van der Waals surface area contributed by atoms with Gasteiger partial charge in [-0.1, -0.05) is 47.6 Å². The number of carbonyl (C=O) groups is 2. The van der Waals surface area contributed by atoms with Crippen molar-refractivity contribution in [3.8, 4) is 17.1 Å². The van der Waals surface area contributed by atoms with E-state index in [0.717, 1.165) is 34.6 Å². The third-order valence-corrected chi connectivity index (χ3v) is 7.36. The lowest BCUT2D eigenvalue weighted by molar-refractivity contribution is -0.122. The molecule has 2 heterocycles. The van der Waals surface area contributed by atoms with E-state index >= 15 is 0 Å². The van der Waals surface area contributed by atoms with Gasteiger partial charge >= 0.3 is 0 Å². The van der Waals surface area contributed by atoms with Crippen LogP contribution >= 0.6 is 11.3 Å². The Balaban J connectivity index is 1.14. The molecule has 0 aliphatic carbocycles. The van der Waals surface area contributed by atoms with Crippen LogP contribution in [0.5, 0.6) is 5.75 Å². The van der Waals surface area contributed by atoms with Gasteiger partial charge in [-0.2, -0.15) is 4.98 Å². The minimum Gasteiger partial charge on any atom is -0.493 e. The van der Waals surface area contributed by atoms with Gasteiger partial charge in [0.15, 0.2) is 0 Å². The Hall–Kier alpha value is -4.28. The van der Waals surface area contributed by atoms with Crippen molar-refractivity contribution in [2.45, 2.75) is 31.7 Å². The molecule has 0 aliphatic heterocycles. The number of aromatic nitrogens is 2. The number of nitrogens with zero attached hydrogens (tertiary/aromatic N) is 2. The molecule has 0 radical (unpaired) electrons. The first-order valence-electron chi connectivity index (χ1n) is 12.7. The van der Waals surface area contributed by atoms with E-state index in [1.54, 1.807) is 11.3 Å². The summed E-state index contributed by atoms with van der Waals surface area (Å²) in [6, 6.07) is 19.3. The molecule has 5 rings (SSSR count). The lowest BCUT2D eigenvalue weighted by Gasteiger charge is -2.13. The zero-order chi connectivity index (χ0) is 27.2.